The van der Waals surface area contributed by atoms with Crippen LogP contribution >= 0.6 is 7.82 Å². The second-order valence-electron chi connectivity index (χ2n) is 10.4. The van der Waals surface area contributed by atoms with Gasteiger partial charge in [-0.3, -0.25) is 14.4 Å². The third kappa shape index (κ3) is 5.38. The molecule has 4 aliphatic carbocycles. The fourth-order valence-electron chi connectivity index (χ4n) is 7.28. The minimum atomic E-state index is -4.64. The Labute approximate surface area is 232 Å². The first kappa shape index (κ1) is 31.5. The molecule has 0 spiro atoms. The van der Waals surface area contributed by atoms with Gasteiger partial charge in [0, 0.05) is 24.3 Å². The van der Waals surface area contributed by atoms with Gasteiger partial charge in [0.05, 0.1) is 11.5 Å². The average molecular weight is 540 g/mol. The van der Waals surface area contributed by atoms with Crippen LogP contribution in [0.4, 0.5) is 0 Å². The Kier molecular flexibility index (Phi) is 9.45. The Morgan fingerprint density at radius 3 is 2.31 bits per heavy atom. The van der Waals surface area contributed by atoms with Crippen LogP contribution < -0.4 is 29.6 Å². The van der Waals surface area contributed by atoms with E-state index in [0.29, 0.717) is 19.3 Å². The summed E-state index contributed by atoms with van der Waals surface area (Å²) in [7, 11) is -4.64. The molecule has 4 rings (SSSR count). The Morgan fingerprint density at radius 2 is 1.78 bits per heavy atom. The van der Waals surface area contributed by atoms with Gasteiger partial charge in [-0.2, -0.15) is 0 Å². The fraction of sp³-hybridized carbons (Fsp3) is 0.696. The molecule has 4 aliphatic rings. The smallest absolute Gasteiger partial charge is 1.00 e. The number of carbonyl (C=O) groups excluding carboxylic acids is 3. The third-order valence-electron chi connectivity index (χ3n) is 8.65. The molecule has 0 radical (unpaired) electrons. The summed E-state index contributed by atoms with van der Waals surface area (Å²) in [5, 5.41) is 32.1. The quantitative estimate of drug-likeness (QED) is 0.127. The maximum absolute atomic E-state index is 12.5. The summed E-state index contributed by atoms with van der Waals surface area (Å²) in [4.78, 5) is 58.0. The Morgan fingerprint density at radius 1 is 1.19 bits per heavy atom. The van der Waals surface area contributed by atoms with Crippen molar-refractivity contribution >= 4 is 25.4 Å². The van der Waals surface area contributed by atoms with Crippen LogP contribution in [0.5, 0.6) is 0 Å². The molecule has 3 saturated carbocycles. The van der Waals surface area contributed by atoms with Crippen molar-refractivity contribution < 1.29 is 84.7 Å². The number of aliphatic hydroxyl groups excluding tert-OH is 2. The number of esters is 1. The minimum Gasteiger partial charge on any atom is -1.00 e. The monoisotopic (exact) mass is 540 g/mol. The first-order valence-corrected chi connectivity index (χ1v) is 13.0. The van der Waals surface area contributed by atoms with Gasteiger partial charge >= 0.3 is 43.3 Å². The Hall–Kier alpha value is -0.720. The molecule has 0 aromatic heterocycles. The van der Waals surface area contributed by atoms with E-state index in [1.54, 1.807) is 6.08 Å². The molecule has 7 atom stereocenters. The summed E-state index contributed by atoms with van der Waals surface area (Å²) in [6, 6.07) is 0. The van der Waals surface area contributed by atoms with Crippen LogP contribution in [0.15, 0.2) is 23.5 Å². The van der Waals surface area contributed by atoms with Crippen molar-refractivity contribution in [1.82, 2.24) is 0 Å². The molecule has 3 fully saturated rings. The molecule has 13 heteroatoms. The number of phosphoric acid groups is 1. The maximum Gasteiger partial charge on any atom is 1.00 e. The van der Waals surface area contributed by atoms with Gasteiger partial charge in [0.25, 0.3) is 0 Å². The van der Waals surface area contributed by atoms with Crippen molar-refractivity contribution in [2.75, 3.05) is 6.61 Å². The maximum atomic E-state index is 12.5. The number of carbonyl (C=O) groups is 3. The van der Waals surface area contributed by atoms with E-state index in [2.05, 4.69) is 0 Å². The van der Waals surface area contributed by atoms with Crippen molar-refractivity contribution in [2.24, 2.45) is 28.6 Å². The molecule has 0 bridgehead atoms. The summed E-state index contributed by atoms with van der Waals surface area (Å²) in [6.07, 6.45) is 4.47. The number of allylic oxidation sites excluding steroid dienone is 3. The van der Waals surface area contributed by atoms with Gasteiger partial charge in [0.15, 0.2) is 11.6 Å². The van der Waals surface area contributed by atoms with Gasteiger partial charge in [-0.25, -0.2) is 4.57 Å². The molecular weight excluding hydrogens is 506 g/mol. The number of hydrogen-bond acceptors (Lipinski definition) is 8. The van der Waals surface area contributed by atoms with Gasteiger partial charge in [0.1, 0.15) is 18.0 Å². The number of rotatable bonds is 3. The van der Waals surface area contributed by atoms with Gasteiger partial charge < -0.3 is 36.2 Å². The summed E-state index contributed by atoms with van der Waals surface area (Å²) < 4.78 is 14.4. The van der Waals surface area contributed by atoms with E-state index < -0.39 is 48.7 Å². The van der Waals surface area contributed by atoms with Crippen LogP contribution in [-0.2, 0) is 23.7 Å². The van der Waals surface area contributed by atoms with E-state index in [4.69, 9.17) is 24.0 Å². The molecule has 0 heterocycles. The third-order valence-corrected chi connectivity index (χ3v) is 8.65. The van der Waals surface area contributed by atoms with Gasteiger partial charge in [0.2, 0.25) is 0 Å². The summed E-state index contributed by atoms with van der Waals surface area (Å²) in [6.45, 7) is 4.33. The molecule has 198 valence electrons. The molecule has 0 aromatic carbocycles. The van der Waals surface area contributed by atoms with Crippen molar-refractivity contribution in [1.29, 1.82) is 0 Å². The molecule has 0 aromatic rings. The zero-order valence-electron chi connectivity index (χ0n) is 21.9. The number of ether oxygens (including phenoxy) is 1. The Balaban J connectivity index is 0.000000895. The van der Waals surface area contributed by atoms with Crippen LogP contribution in [0.2, 0.25) is 0 Å². The van der Waals surface area contributed by atoms with Crippen molar-refractivity contribution in [3.63, 3.8) is 0 Å². The fourth-order valence-corrected chi connectivity index (χ4v) is 7.28. The first-order chi connectivity index (χ1) is 16.0. The SMILES string of the molecule is CC(=O)OC1=CC(=O)C=C2CC[C@@H]3[C@H]([C@@H](O)C[C@@]4(C)[C@H]3CC[C@]4(O)C(=O)CO)[C@]21C.O=P(O)(O)O.[H-].[Na+]. The zero-order chi connectivity index (χ0) is 26.6. The van der Waals surface area contributed by atoms with Crippen molar-refractivity contribution in [3.8, 4) is 0 Å². The summed E-state index contributed by atoms with van der Waals surface area (Å²) >= 11 is 0. The molecular formula is C23H34NaO11P. The van der Waals surface area contributed by atoms with Crippen molar-refractivity contribution in [2.45, 2.75) is 64.6 Å². The van der Waals surface area contributed by atoms with E-state index >= 15 is 0 Å². The largest absolute Gasteiger partial charge is 1.00 e. The van der Waals surface area contributed by atoms with E-state index in [1.807, 2.05) is 13.8 Å². The van der Waals surface area contributed by atoms with E-state index in [0.717, 1.165) is 5.57 Å². The number of aliphatic hydroxyl groups is 3. The molecule has 36 heavy (non-hydrogen) atoms. The van der Waals surface area contributed by atoms with Crippen LogP contribution in [0.1, 0.15) is 54.3 Å². The van der Waals surface area contributed by atoms with Gasteiger partial charge in [-0.05, 0) is 56.9 Å². The standard InChI is InChI=1S/C23H30O7.Na.H3O4P.H/c1-12(25)30-19-9-14(26)8-13-4-5-15-16-6-7-23(29,18(28)11-24)21(16,2)10-17(27)20(15)22(13,19)3;;1-5(2,3)4;/h8-9,15-17,20,24,27,29H,4-7,10-11H2,1-3H3;;(H3,1,2,3,4);/q;+1;;-1/t15-,16-,17-,20+,21-,22+,23-;;;/m0.../s1. The zero-order valence-corrected chi connectivity index (χ0v) is 23.8. The molecule has 0 amide bonds. The average Bonchev–Trinajstić information content (AvgIpc) is 2.98. The molecule has 0 saturated heterocycles. The second-order valence-corrected chi connectivity index (χ2v) is 11.4. The van der Waals surface area contributed by atoms with E-state index in [-0.39, 0.29) is 73.1 Å². The number of hydrogen-bond donors (Lipinski definition) is 6. The van der Waals surface area contributed by atoms with Crippen LogP contribution in [-0.4, -0.2) is 65.8 Å². The number of ketones is 2. The Bertz CT molecular complexity index is 1030. The van der Waals surface area contributed by atoms with Crippen molar-refractivity contribution in [3.05, 3.63) is 23.5 Å². The molecule has 11 nitrogen and oxygen atoms in total. The summed E-state index contributed by atoms with van der Waals surface area (Å²) in [5.74, 6) is -1.41. The topological polar surface area (TPSA) is 199 Å². The number of Topliss-reactive ketones (excluding diaryl/α,β-unsaturated/α-hetero) is 1. The summed E-state index contributed by atoms with van der Waals surface area (Å²) in [5.41, 5.74) is -2.45. The van der Waals surface area contributed by atoms with Crippen LogP contribution in [0.3, 0.4) is 0 Å². The molecule has 0 unspecified atom stereocenters. The van der Waals surface area contributed by atoms with E-state index in [9.17, 15) is 29.7 Å². The molecule has 6 N–H and O–H groups in total. The van der Waals surface area contributed by atoms with Gasteiger partial charge in [-0.15, -0.1) is 0 Å². The second kappa shape index (κ2) is 10.8. The van der Waals surface area contributed by atoms with Crippen LogP contribution in [0.25, 0.3) is 0 Å². The molecule has 0 aliphatic heterocycles. The predicted octanol–water partition coefficient (Wildman–Crippen LogP) is -2.36. The normalized spacial score (nSPS) is 39.1. The minimum absolute atomic E-state index is 0. The van der Waals surface area contributed by atoms with E-state index in [1.165, 1.54) is 13.0 Å². The first-order valence-electron chi connectivity index (χ1n) is 11.5. The predicted molar refractivity (Wildman–Crippen MR) is 121 cm³/mol. The van der Waals surface area contributed by atoms with Gasteiger partial charge in [-0.1, -0.05) is 12.5 Å². The number of fused-ring (bicyclic) bond motifs is 5. The van der Waals surface area contributed by atoms with Crippen LogP contribution in [0, 0.1) is 28.6 Å².